The minimum atomic E-state index is -0.597. The summed E-state index contributed by atoms with van der Waals surface area (Å²) in [5, 5.41) is 9.09. The first-order valence-electron chi connectivity index (χ1n) is 8.51. The van der Waals surface area contributed by atoms with Crippen molar-refractivity contribution >= 4 is 5.97 Å². The van der Waals surface area contributed by atoms with Crippen molar-refractivity contribution in [3.8, 4) is 17.2 Å². The van der Waals surface area contributed by atoms with E-state index in [9.17, 15) is 9.18 Å². The second-order valence-electron chi connectivity index (χ2n) is 7.48. The van der Waals surface area contributed by atoms with Gasteiger partial charge in [-0.15, -0.1) is 0 Å². The maximum Gasteiger partial charge on any atom is 0.310 e. The summed E-state index contributed by atoms with van der Waals surface area (Å²) in [6.45, 7) is 9.32. The molecule has 1 aromatic carbocycles. The Bertz CT molecular complexity index is 861. The Labute approximate surface area is 153 Å². The molecule has 0 atom stereocenters. The molecule has 0 aliphatic carbocycles. The lowest BCUT2D eigenvalue weighted by Crippen LogP contribution is -2.25. The summed E-state index contributed by atoms with van der Waals surface area (Å²) in [4.78, 5) is 16.4. The van der Waals surface area contributed by atoms with Gasteiger partial charge in [-0.2, -0.15) is 5.26 Å². The van der Waals surface area contributed by atoms with Crippen LogP contribution in [0.5, 0.6) is 0 Å². The number of nitrogens with zero attached hydrogens (tertiary/aromatic N) is 2. The molecule has 0 N–H and O–H groups in total. The third kappa shape index (κ3) is 4.89. The van der Waals surface area contributed by atoms with Crippen molar-refractivity contribution in [3.05, 3.63) is 53.1 Å². The van der Waals surface area contributed by atoms with Gasteiger partial charge in [-0.05, 0) is 73.2 Å². The monoisotopic (exact) mass is 354 g/mol. The molecule has 0 amide bonds. The first kappa shape index (κ1) is 19.6. The Morgan fingerprint density at radius 1 is 1.31 bits per heavy atom. The van der Waals surface area contributed by atoms with E-state index in [1.165, 1.54) is 18.3 Å². The zero-order valence-electron chi connectivity index (χ0n) is 15.8. The van der Waals surface area contributed by atoms with Crippen molar-refractivity contribution in [1.82, 2.24) is 4.98 Å². The van der Waals surface area contributed by atoms with Crippen LogP contribution in [0.25, 0.3) is 11.1 Å². The highest BCUT2D eigenvalue weighted by molar-refractivity contribution is 5.79. The lowest BCUT2D eigenvalue weighted by atomic mass is 9.88. The molecule has 2 rings (SSSR count). The summed E-state index contributed by atoms with van der Waals surface area (Å²) >= 11 is 0. The fraction of sp³-hybridized carbons (Fsp3) is 0.381. The van der Waals surface area contributed by atoms with E-state index in [0.717, 1.165) is 5.56 Å². The van der Waals surface area contributed by atoms with Crippen molar-refractivity contribution in [2.45, 2.75) is 52.6 Å². The Balaban J connectivity index is 2.59. The minimum absolute atomic E-state index is 0.0270. The van der Waals surface area contributed by atoms with Crippen LogP contribution >= 0.6 is 0 Å². The van der Waals surface area contributed by atoms with Gasteiger partial charge in [0.2, 0.25) is 0 Å². The van der Waals surface area contributed by atoms with Crippen LogP contribution in [-0.2, 0) is 16.0 Å². The molecule has 0 bridgehead atoms. The van der Waals surface area contributed by atoms with Gasteiger partial charge < -0.3 is 4.74 Å². The van der Waals surface area contributed by atoms with Crippen molar-refractivity contribution < 1.29 is 13.9 Å². The normalized spacial score (nSPS) is 11.3. The van der Waals surface area contributed by atoms with Crippen molar-refractivity contribution in [1.29, 1.82) is 5.26 Å². The molecule has 4 nitrogen and oxygen atoms in total. The van der Waals surface area contributed by atoms with Gasteiger partial charge >= 0.3 is 5.97 Å². The number of benzene rings is 1. The number of halogens is 1. The van der Waals surface area contributed by atoms with Crippen LogP contribution in [0, 0.1) is 17.1 Å². The van der Waals surface area contributed by atoms with Crippen LogP contribution in [0.2, 0.25) is 0 Å². The predicted octanol–water partition coefficient (Wildman–Crippen LogP) is 4.77. The first-order valence-corrected chi connectivity index (χ1v) is 8.51. The molecular weight excluding hydrogens is 331 g/mol. The van der Waals surface area contributed by atoms with E-state index in [1.807, 2.05) is 40.7 Å². The number of carbonyl (C=O) groups excluding carboxylic acids is 1. The predicted molar refractivity (Wildman–Crippen MR) is 98.0 cm³/mol. The third-order valence-corrected chi connectivity index (χ3v) is 3.80. The summed E-state index contributed by atoms with van der Waals surface area (Å²) in [5.41, 5.74) is 2.34. The van der Waals surface area contributed by atoms with Gasteiger partial charge in [0, 0.05) is 6.20 Å². The first-order chi connectivity index (χ1) is 12.1. The highest BCUT2D eigenvalue weighted by atomic mass is 19.1. The summed E-state index contributed by atoms with van der Waals surface area (Å²) in [5.74, 6) is -0.729. The highest BCUT2D eigenvalue weighted by Gasteiger charge is 2.22. The largest absolute Gasteiger partial charge is 0.460 e. The Kier molecular flexibility index (Phi) is 5.76. The Morgan fingerprint density at radius 3 is 2.58 bits per heavy atom. The van der Waals surface area contributed by atoms with E-state index < -0.39 is 5.60 Å². The number of esters is 1. The van der Waals surface area contributed by atoms with Crippen molar-refractivity contribution in [2.75, 3.05) is 0 Å². The zero-order chi connectivity index (χ0) is 19.5. The van der Waals surface area contributed by atoms with Gasteiger partial charge in [-0.3, -0.25) is 4.79 Å². The fourth-order valence-electron chi connectivity index (χ4n) is 2.81. The molecule has 0 saturated carbocycles. The van der Waals surface area contributed by atoms with Crippen LogP contribution in [-0.4, -0.2) is 16.6 Å². The van der Waals surface area contributed by atoms with Crippen LogP contribution in [0.3, 0.4) is 0 Å². The Hall–Kier alpha value is -2.74. The number of hydrogen-bond donors (Lipinski definition) is 0. The number of ether oxygens (including phenoxy) is 1. The fourth-order valence-corrected chi connectivity index (χ4v) is 2.81. The van der Waals surface area contributed by atoms with Gasteiger partial charge in [-0.25, -0.2) is 9.37 Å². The van der Waals surface area contributed by atoms with Crippen LogP contribution in [0.4, 0.5) is 4.39 Å². The van der Waals surface area contributed by atoms with Crippen LogP contribution < -0.4 is 0 Å². The maximum absolute atomic E-state index is 14.2. The van der Waals surface area contributed by atoms with Crippen molar-refractivity contribution in [3.63, 3.8) is 0 Å². The number of nitriles is 1. The molecule has 0 saturated heterocycles. The number of rotatable bonds is 4. The second-order valence-corrected chi connectivity index (χ2v) is 7.48. The lowest BCUT2D eigenvalue weighted by molar-refractivity contribution is -0.153. The summed E-state index contributed by atoms with van der Waals surface area (Å²) in [7, 11) is 0. The molecule has 136 valence electrons. The van der Waals surface area contributed by atoms with E-state index in [4.69, 9.17) is 10.00 Å². The molecule has 5 heteroatoms. The van der Waals surface area contributed by atoms with Crippen molar-refractivity contribution in [2.24, 2.45) is 0 Å². The molecular formula is C21H23FN2O2. The number of pyridine rings is 1. The van der Waals surface area contributed by atoms with E-state index in [-0.39, 0.29) is 29.8 Å². The third-order valence-electron chi connectivity index (χ3n) is 3.80. The molecule has 2 aromatic rings. The summed E-state index contributed by atoms with van der Waals surface area (Å²) in [6, 6.07) is 8.13. The van der Waals surface area contributed by atoms with E-state index in [2.05, 4.69) is 4.98 Å². The summed E-state index contributed by atoms with van der Waals surface area (Å²) < 4.78 is 19.7. The average molecular weight is 354 g/mol. The molecule has 0 fully saturated rings. The van der Waals surface area contributed by atoms with Gasteiger partial charge in [0.1, 0.15) is 23.2 Å². The SMILES string of the molecule is CC(C)c1cc(F)cc(-c2ccnc(C#N)c2)c1CC(=O)OC(C)(C)C. The molecule has 1 aromatic heterocycles. The quantitative estimate of drug-likeness (QED) is 0.742. The maximum atomic E-state index is 14.2. The summed E-state index contributed by atoms with van der Waals surface area (Å²) in [6.07, 6.45) is 1.54. The number of aromatic nitrogens is 1. The molecule has 1 heterocycles. The minimum Gasteiger partial charge on any atom is -0.460 e. The standard InChI is InChI=1S/C21H23FN2O2/c1-13(2)17-9-15(22)10-18(14-6-7-24-16(8-14)12-23)19(17)11-20(25)26-21(3,4)5/h6-10,13H,11H2,1-5H3. The zero-order valence-corrected chi connectivity index (χ0v) is 15.8. The Morgan fingerprint density at radius 2 is 2.00 bits per heavy atom. The van der Waals surface area contributed by atoms with E-state index in [1.54, 1.807) is 12.1 Å². The molecule has 26 heavy (non-hydrogen) atoms. The van der Waals surface area contributed by atoms with Crippen LogP contribution in [0.15, 0.2) is 30.5 Å². The molecule has 0 unspecified atom stereocenters. The van der Waals surface area contributed by atoms with Gasteiger partial charge in [0.05, 0.1) is 6.42 Å². The topological polar surface area (TPSA) is 63.0 Å². The second kappa shape index (κ2) is 7.65. The van der Waals surface area contributed by atoms with Gasteiger partial charge in [-0.1, -0.05) is 13.8 Å². The van der Waals surface area contributed by atoms with Gasteiger partial charge in [0.15, 0.2) is 0 Å². The highest BCUT2D eigenvalue weighted by Crippen LogP contribution is 2.32. The number of carbonyl (C=O) groups is 1. The molecule has 0 aliphatic heterocycles. The lowest BCUT2D eigenvalue weighted by Gasteiger charge is -2.22. The molecule has 0 spiro atoms. The molecule has 0 radical (unpaired) electrons. The van der Waals surface area contributed by atoms with E-state index >= 15 is 0 Å². The average Bonchev–Trinajstić information content (AvgIpc) is 2.54. The van der Waals surface area contributed by atoms with Crippen LogP contribution in [0.1, 0.15) is 57.4 Å². The smallest absolute Gasteiger partial charge is 0.310 e. The van der Waals surface area contributed by atoms with E-state index in [0.29, 0.717) is 16.7 Å². The van der Waals surface area contributed by atoms with Gasteiger partial charge in [0.25, 0.3) is 0 Å². The molecule has 0 aliphatic rings. The number of hydrogen-bond acceptors (Lipinski definition) is 4.